The highest BCUT2D eigenvalue weighted by Gasteiger charge is 2.21. The number of ether oxygens (including phenoxy) is 1. The maximum atomic E-state index is 11.7. The Kier molecular flexibility index (Phi) is 3.33. The predicted octanol–water partition coefficient (Wildman–Crippen LogP) is 1.35. The Morgan fingerprint density at radius 2 is 2.38 bits per heavy atom. The number of aromatic amines is 1. The van der Waals surface area contributed by atoms with Gasteiger partial charge in [-0.25, -0.2) is 4.79 Å². The van der Waals surface area contributed by atoms with Crippen LogP contribution in [0.15, 0.2) is 16.9 Å². The molecule has 0 radical (unpaired) electrons. The van der Waals surface area contributed by atoms with Gasteiger partial charge in [0, 0.05) is 11.4 Å². The van der Waals surface area contributed by atoms with E-state index >= 15 is 0 Å². The van der Waals surface area contributed by atoms with E-state index in [1.807, 2.05) is 0 Å². The molecule has 1 N–H and O–H groups in total. The van der Waals surface area contributed by atoms with Crippen molar-refractivity contribution in [1.29, 1.82) is 0 Å². The normalized spacial score (nSPS) is 19.7. The highest BCUT2D eigenvalue weighted by molar-refractivity contribution is 7.99. The molecule has 1 atom stereocenters. The van der Waals surface area contributed by atoms with E-state index in [1.165, 1.54) is 6.07 Å². The van der Waals surface area contributed by atoms with Crippen LogP contribution in [0.25, 0.3) is 0 Å². The van der Waals surface area contributed by atoms with Crippen LogP contribution in [-0.4, -0.2) is 28.6 Å². The zero-order valence-electron chi connectivity index (χ0n) is 8.99. The number of pyridine rings is 1. The molecule has 1 fully saturated rings. The Labute approximate surface area is 97.4 Å². The van der Waals surface area contributed by atoms with Crippen molar-refractivity contribution in [2.45, 2.75) is 19.4 Å². The highest BCUT2D eigenvalue weighted by Crippen LogP contribution is 2.20. The third-order valence-electron chi connectivity index (χ3n) is 2.44. The molecule has 1 aromatic heterocycles. The molecule has 0 amide bonds. The summed E-state index contributed by atoms with van der Waals surface area (Å²) in [5.74, 6) is 1.33. The van der Waals surface area contributed by atoms with Crippen molar-refractivity contribution < 1.29 is 9.53 Å². The van der Waals surface area contributed by atoms with Gasteiger partial charge in [0.05, 0.1) is 0 Å². The molecular formula is C11H13NO3S. The number of esters is 1. The number of nitrogens with one attached hydrogen (secondary N) is 1. The number of rotatable bonds is 2. The van der Waals surface area contributed by atoms with Crippen LogP contribution in [0.3, 0.4) is 0 Å². The average molecular weight is 239 g/mol. The van der Waals surface area contributed by atoms with Gasteiger partial charge in [0.25, 0.3) is 5.56 Å². The fourth-order valence-electron chi connectivity index (χ4n) is 1.55. The fraction of sp³-hybridized carbons (Fsp3) is 0.455. The van der Waals surface area contributed by atoms with Crippen molar-refractivity contribution in [2.75, 3.05) is 11.5 Å². The maximum Gasteiger partial charge on any atom is 0.344 e. The van der Waals surface area contributed by atoms with Crippen LogP contribution in [0.1, 0.15) is 22.5 Å². The lowest BCUT2D eigenvalue weighted by atomic mass is 10.2. The third-order valence-corrected chi connectivity index (χ3v) is 3.57. The molecule has 0 aromatic carbocycles. The number of hydrogen-bond donors (Lipinski definition) is 1. The molecule has 1 aliphatic heterocycles. The summed E-state index contributed by atoms with van der Waals surface area (Å²) < 4.78 is 5.24. The number of aromatic nitrogens is 1. The molecule has 86 valence electrons. The molecule has 2 heterocycles. The van der Waals surface area contributed by atoms with Gasteiger partial charge in [-0.15, -0.1) is 0 Å². The van der Waals surface area contributed by atoms with E-state index < -0.39 is 5.97 Å². The van der Waals surface area contributed by atoms with Crippen LogP contribution in [-0.2, 0) is 4.74 Å². The SMILES string of the molecule is Cc1ccc(C(=O)O[C@H]2CCSC2)c(=O)[nH]1. The summed E-state index contributed by atoms with van der Waals surface area (Å²) in [5, 5.41) is 0. The fourth-order valence-corrected chi connectivity index (χ4v) is 2.65. The minimum Gasteiger partial charge on any atom is -0.458 e. The molecule has 1 aromatic rings. The van der Waals surface area contributed by atoms with E-state index in [2.05, 4.69) is 4.98 Å². The molecule has 16 heavy (non-hydrogen) atoms. The van der Waals surface area contributed by atoms with Crippen molar-refractivity contribution >= 4 is 17.7 Å². The second-order valence-electron chi connectivity index (χ2n) is 3.78. The third kappa shape index (κ3) is 2.47. The Hall–Kier alpha value is -1.23. The molecular weight excluding hydrogens is 226 g/mol. The van der Waals surface area contributed by atoms with Crippen LogP contribution in [0.4, 0.5) is 0 Å². The van der Waals surface area contributed by atoms with Gasteiger partial charge in [0.2, 0.25) is 0 Å². The quantitative estimate of drug-likeness (QED) is 0.791. The summed E-state index contributed by atoms with van der Waals surface area (Å²) in [7, 11) is 0. The van der Waals surface area contributed by atoms with Gasteiger partial charge in [-0.2, -0.15) is 11.8 Å². The first kappa shape index (κ1) is 11.3. The van der Waals surface area contributed by atoms with Crippen molar-refractivity contribution in [3.05, 3.63) is 33.7 Å². The van der Waals surface area contributed by atoms with Gasteiger partial charge in [-0.1, -0.05) is 0 Å². The first-order chi connectivity index (χ1) is 7.66. The lowest BCUT2D eigenvalue weighted by molar-refractivity contribution is 0.0355. The van der Waals surface area contributed by atoms with E-state index in [9.17, 15) is 9.59 Å². The molecule has 4 nitrogen and oxygen atoms in total. The number of thioether (sulfide) groups is 1. The van der Waals surface area contributed by atoms with Crippen molar-refractivity contribution in [1.82, 2.24) is 4.98 Å². The number of H-pyrrole nitrogens is 1. The van der Waals surface area contributed by atoms with Crippen LogP contribution in [0, 0.1) is 6.92 Å². The molecule has 0 spiro atoms. The van der Waals surface area contributed by atoms with Crippen LogP contribution >= 0.6 is 11.8 Å². The predicted molar refractivity (Wildman–Crippen MR) is 62.9 cm³/mol. The molecule has 5 heteroatoms. The minimum absolute atomic E-state index is 0.0433. The monoisotopic (exact) mass is 239 g/mol. The lowest BCUT2D eigenvalue weighted by Gasteiger charge is -2.09. The number of carbonyl (C=O) groups is 1. The van der Waals surface area contributed by atoms with Gasteiger partial charge < -0.3 is 9.72 Å². The van der Waals surface area contributed by atoms with Gasteiger partial charge in [0.1, 0.15) is 11.7 Å². The first-order valence-electron chi connectivity index (χ1n) is 5.15. The standard InChI is InChI=1S/C11H13NO3S/c1-7-2-3-9(10(13)12-7)11(14)15-8-4-5-16-6-8/h2-3,8H,4-6H2,1H3,(H,12,13)/t8-/m0/s1. The molecule has 1 saturated heterocycles. The van der Waals surface area contributed by atoms with Crippen LogP contribution < -0.4 is 5.56 Å². The van der Waals surface area contributed by atoms with Crippen LogP contribution in [0.2, 0.25) is 0 Å². The molecule has 0 aliphatic carbocycles. The van der Waals surface area contributed by atoms with Crippen molar-refractivity contribution in [2.24, 2.45) is 0 Å². The summed E-state index contributed by atoms with van der Waals surface area (Å²) in [6.07, 6.45) is 0.832. The Morgan fingerprint density at radius 3 is 3.00 bits per heavy atom. The summed E-state index contributed by atoms with van der Waals surface area (Å²) in [6.45, 7) is 1.77. The molecule has 0 bridgehead atoms. The van der Waals surface area contributed by atoms with Gasteiger partial charge in [0.15, 0.2) is 0 Å². The lowest BCUT2D eigenvalue weighted by Crippen LogP contribution is -2.24. The van der Waals surface area contributed by atoms with Crippen LogP contribution in [0.5, 0.6) is 0 Å². The summed E-state index contributed by atoms with van der Waals surface area (Å²) >= 11 is 1.76. The molecule has 2 rings (SSSR count). The summed E-state index contributed by atoms with van der Waals surface area (Å²) in [5.41, 5.74) is 0.441. The van der Waals surface area contributed by atoms with E-state index in [1.54, 1.807) is 24.8 Å². The van der Waals surface area contributed by atoms with Gasteiger partial charge >= 0.3 is 5.97 Å². The number of hydrogen-bond acceptors (Lipinski definition) is 4. The summed E-state index contributed by atoms with van der Waals surface area (Å²) in [6, 6.07) is 3.21. The Morgan fingerprint density at radius 1 is 1.56 bits per heavy atom. The second kappa shape index (κ2) is 4.74. The zero-order valence-corrected chi connectivity index (χ0v) is 9.80. The van der Waals surface area contributed by atoms with Gasteiger partial charge in [-0.3, -0.25) is 4.79 Å². The van der Waals surface area contributed by atoms with Crippen molar-refractivity contribution in [3.8, 4) is 0 Å². The van der Waals surface area contributed by atoms with E-state index in [0.29, 0.717) is 0 Å². The zero-order chi connectivity index (χ0) is 11.5. The van der Waals surface area contributed by atoms with Gasteiger partial charge in [-0.05, 0) is 31.2 Å². The maximum absolute atomic E-state index is 11.7. The first-order valence-corrected chi connectivity index (χ1v) is 6.31. The number of carbonyl (C=O) groups excluding carboxylic acids is 1. The summed E-state index contributed by atoms with van der Waals surface area (Å²) in [4.78, 5) is 25.8. The average Bonchev–Trinajstić information content (AvgIpc) is 2.70. The molecule has 0 unspecified atom stereocenters. The second-order valence-corrected chi connectivity index (χ2v) is 4.92. The smallest absolute Gasteiger partial charge is 0.344 e. The highest BCUT2D eigenvalue weighted by atomic mass is 32.2. The Bertz CT molecular complexity index is 449. The largest absolute Gasteiger partial charge is 0.458 e. The number of aryl methyl sites for hydroxylation is 1. The molecule has 0 saturated carbocycles. The van der Waals surface area contributed by atoms with E-state index in [4.69, 9.17) is 4.74 Å². The topological polar surface area (TPSA) is 59.2 Å². The minimum atomic E-state index is -0.520. The Balaban J connectivity index is 2.11. The molecule has 1 aliphatic rings. The van der Waals surface area contributed by atoms with E-state index in [0.717, 1.165) is 23.6 Å². The van der Waals surface area contributed by atoms with Crippen molar-refractivity contribution in [3.63, 3.8) is 0 Å². The van der Waals surface area contributed by atoms with E-state index in [-0.39, 0.29) is 17.2 Å².